The van der Waals surface area contributed by atoms with Gasteiger partial charge in [0.1, 0.15) is 0 Å². The summed E-state index contributed by atoms with van der Waals surface area (Å²) in [5, 5.41) is 12.3. The number of fused-ring (bicyclic) bond motifs is 4. The molecule has 0 aliphatic carbocycles. The molecule has 0 bridgehead atoms. The summed E-state index contributed by atoms with van der Waals surface area (Å²) >= 11 is 0. The minimum Gasteiger partial charge on any atom is -0.370 e. The van der Waals surface area contributed by atoms with Crippen LogP contribution in [0.2, 0.25) is 0 Å². The van der Waals surface area contributed by atoms with Gasteiger partial charge in [-0.05, 0) is 44.2 Å². The number of benzene rings is 1. The van der Waals surface area contributed by atoms with E-state index in [1.807, 2.05) is 13.0 Å². The summed E-state index contributed by atoms with van der Waals surface area (Å²) in [5.41, 5.74) is 2.58. The lowest BCUT2D eigenvalue weighted by Gasteiger charge is -2.33. The van der Waals surface area contributed by atoms with Crippen LogP contribution in [0.4, 0.5) is 11.4 Å². The first-order valence-electron chi connectivity index (χ1n) is 9.65. The van der Waals surface area contributed by atoms with Crippen molar-refractivity contribution in [1.82, 2.24) is 9.88 Å². The fourth-order valence-corrected chi connectivity index (χ4v) is 5.50. The second-order valence-electron chi connectivity index (χ2n) is 8.10. The molecule has 0 amide bonds. The molecule has 3 aliphatic rings. The maximum absolute atomic E-state index is 11.4. The van der Waals surface area contributed by atoms with Crippen LogP contribution in [0.25, 0.3) is 10.9 Å². The van der Waals surface area contributed by atoms with E-state index in [0.29, 0.717) is 5.52 Å². The topological polar surface area (TPSA) is 62.5 Å². The van der Waals surface area contributed by atoms with Gasteiger partial charge < -0.3 is 4.90 Å². The molecule has 2 aromatic rings. The minimum absolute atomic E-state index is 0.102. The van der Waals surface area contributed by atoms with Gasteiger partial charge in [0.05, 0.1) is 4.92 Å². The molecule has 3 atom stereocenters. The number of rotatable bonds is 2. The van der Waals surface area contributed by atoms with Crippen molar-refractivity contribution in [1.29, 1.82) is 0 Å². The molecule has 26 heavy (non-hydrogen) atoms. The number of non-ortho nitro benzene ring substituents is 1. The van der Waals surface area contributed by atoms with Crippen LogP contribution < -0.4 is 4.90 Å². The summed E-state index contributed by atoms with van der Waals surface area (Å²) in [7, 11) is 0. The van der Waals surface area contributed by atoms with E-state index in [4.69, 9.17) is 0 Å². The predicted octanol–water partition coefficient (Wildman–Crippen LogP) is 3.37. The highest BCUT2D eigenvalue weighted by atomic mass is 16.6. The van der Waals surface area contributed by atoms with E-state index in [0.717, 1.165) is 47.7 Å². The molecule has 6 heteroatoms. The molecule has 1 aromatic carbocycles. The van der Waals surface area contributed by atoms with Crippen molar-refractivity contribution < 1.29 is 4.92 Å². The number of pyridine rings is 1. The molecular formula is C20H24N4O2. The van der Waals surface area contributed by atoms with Gasteiger partial charge in [-0.2, -0.15) is 0 Å². The quantitative estimate of drug-likeness (QED) is 0.612. The fourth-order valence-electron chi connectivity index (χ4n) is 5.50. The van der Waals surface area contributed by atoms with Crippen molar-refractivity contribution in [2.24, 2.45) is 11.8 Å². The molecule has 4 heterocycles. The molecule has 3 aliphatic heterocycles. The van der Waals surface area contributed by atoms with E-state index < -0.39 is 0 Å². The van der Waals surface area contributed by atoms with Crippen molar-refractivity contribution >= 4 is 22.3 Å². The number of hydrogen-bond donors (Lipinski definition) is 0. The van der Waals surface area contributed by atoms with E-state index in [9.17, 15) is 10.1 Å². The van der Waals surface area contributed by atoms with Gasteiger partial charge in [0.15, 0.2) is 5.52 Å². The summed E-state index contributed by atoms with van der Waals surface area (Å²) in [6.45, 7) is 6.53. The smallest absolute Gasteiger partial charge is 0.295 e. The third-order valence-corrected chi connectivity index (χ3v) is 6.58. The van der Waals surface area contributed by atoms with Crippen LogP contribution in [-0.2, 0) is 0 Å². The van der Waals surface area contributed by atoms with Crippen LogP contribution >= 0.6 is 0 Å². The summed E-state index contributed by atoms with van der Waals surface area (Å²) < 4.78 is 0. The molecule has 3 saturated heterocycles. The second kappa shape index (κ2) is 5.91. The first-order valence-corrected chi connectivity index (χ1v) is 9.65. The van der Waals surface area contributed by atoms with Gasteiger partial charge in [-0.1, -0.05) is 18.6 Å². The minimum atomic E-state index is -0.322. The van der Waals surface area contributed by atoms with Gasteiger partial charge in [0.25, 0.3) is 5.69 Å². The Morgan fingerprint density at radius 2 is 2.12 bits per heavy atom. The zero-order valence-corrected chi connectivity index (χ0v) is 15.1. The molecular weight excluding hydrogens is 328 g/mol. The van der Waals surface area contributed by atoms with E-state index >= 15 is 0 Å². The van der Waals surface area contributed by atoms with E-state index in [2.05, 4.69) is 20.9 Å². The Morgan fingerprint density at radius 1 is 1.23 bits per heavy atom. The zero-order valence-electron chi connectivity index (χ0n) is 15.1. The molecule has 1 aromatic heterocycles. The summed E-state index contributed by atoms with van der Waals surface area (Å²) in [4.78, 5) is 20.8. The highest BCUT2D eigenvalue weighted by Gasteiger charge is 2.47. The predicted molar refractivity (Wildman–Crippen MR) is 102 cm³/mol. The summed E-state index contributed by atoms with van der Waals surface area (Å²) in [6.07, 6.45) is 4.03. The van der Waals surface area contributed by atoms with Crippen LogP contribution in [0.15, 0.2) is 24.3 Å². The average Bonchev–Trinajstić information content (AvgIpc) is 3.18. The first kappa shape index (κ1) is 16.0. The number of anilines is 1. The number of nitrogens with zero attached hydrogens (tertiary/aromatic N) is 4. The standard InChI is InChI=1S/C20H24N4O2/c1-13-9-19(15-5-4-7-18(24(25)26)20(15)21-13)23-11-14-10-22-8-3-2-6-17(22)16(14)12-23/h4-5,7,9,14,16-17H,2-3,6,8,10-12H2,1H3. The van der Waals surface area contributed by atoms with Gasteiger partial charge in [0, 0.05) is 48.5 Å². The summed E-state index contributed by atoms with van der Waals surface area (Å²) in [6, 6.07) is 8.15. The van der Waals surface area contributed by atoms with Crippen molar-refractivity contribution in [3.8, 4) is 0 Å². The van der Waals surface area contributed by atoms with Gasteiger partial charge in [-0.3, -0.25) is 15.0 Å². The number of para-hydroxylation sites is 1. The van der Waals surface area contributed by atoms with Crippen LogP contribution in [0.3, 0.4) is 0 Å². The maximum Gasteiger partial charge on any atom is 0.295 e. The van der Waals surface area contributed by atoms with E-state index in [1.165, 1.54) is 32.4 Å². The first-order chi connectivity index (χ1) is 12.6. The van der Waals surface area contributed by atoms with Crippen molar-refractivity contribution in [2.45, 2.75) is 32.2 Å². The van der Waals surface area contributed by atoms with Crippen LogP contribution in [0, 0.1) is 28.9 Å². The number of piperidine rings is 1. The molecule has 136 valence electrons. The molecule has 6 nitrogen and oxygen atoms in total. The Labute approximate surface area is 153 Å². The highest BCUT2D eigenvalue weighted by molar-refractivity contribution is 5.97. The van der Waals surface area contributed by atoms with E-state index in [-0.39, 0.29) is 10.6 Å². The molecule has 0 spiro atoms. The molecule has 5 rings (SSSR count). The Hall–Kier alpha value is -2.21. The average molecular weight is 352 g/mol. The number of aryl methyl sites for hydroxylation is 1. The molecule has 3 fully saturated rings. The Kier molecular flexibility index (Phi) is 3.64. The Balaban J connectivity index is 1.53. The number of nitro benzene ring substituents is 1. The number of nitro groups is 1. The lowest BCUT2D eigenvalue weighted by atomic mass is 9.90. The van der Waals surface area contributed by atoms with Crippen molar-refractivity contribution in [3.63, 3.8) is 0 Å². The van der Waals surface area contributed by atoms with Gasteiger partial charge >= 0.3 is 0 Å². The highest BCUT2D eigenvalue weighted by Crippen LogP contribution is 2.43. The largest absolute Gasteiger partial charge is 0.370 e. The van der Waals surface area contributed by atoms with Crippen LogP contribution in [0.5, 0.6) is 0 Å². The van der Waals surface area contributed by atoms with Crippen LogP contribution in [-0.4, -0.2) is 47.0 Å². The van der Waals surface area contributed by atoms with Gasteiger partial charge in [-0.25, -0.2) is 4.98 Å². The number of hydrogen-bond acceptors (Lipinski definition) is 5. The van der Waals surface area contributed by atoms with Gasteiger partial charge in [-0.15, -0.1) is 0 Å². The van der Waals surface area contributed by atoms with Gasteiger partial charge in [0.2, 0.25) is 0 Å². The third-order valence-electron chi connectivity index (χ3n) is 6.58. The molecule has 0 saturated carbocycles. The lowest BCUT2D eigenvalue weighted by molar-refractivity contribution is -0.383. The SMILES string of the molecule is Cc1cc(N2CC3CN4CCCCC4C3C2)c2cccc([N+](=O)[O-])c2n1. The zero-order chi connectivity index (χ0) is 17.8. The molecule has 0 N–H and O–H groups in total. The Morgan fingerprint density at radius 3 is 2.96 bits per heavy atom. The second-order valence-corrected chi connectivity index (χ2v) is 8.10. The lowest BCUT2D eigenvalue weighted by Crippen LogP contribution is -2.39. The van der Waals surface area contributed by atoms with Crippen molar-refractivity contribution in [3.05, 3.63) is 40.1 Å². The fraction of sp³-hybridized carbons (Fsp3) is 0.550. The third kappa shape index (κ3) is 2.39. The van der Waals surface area contributed by atoms with Crippen molar-refractivity contribution in [2.75, 3.05) is 31.1 Å². The maximum atomic E-state index is 11.4. The normalized spacial score (nSPS) is 28.3. The Bertz CT molecular complexity index is 883. The monoisotopic (exact) mass is 352 g/mol. The number of aromatic nitrogens is 1. The molecule has 3 unspecified atom stereocenters. The molecule has 0 radical (unpaired) electrons. The van der Waals surface area contributed by atoms with Crippen LogP contribution in [0.1, 0.15) is 25.0 Å². The summed E-state index contributed by atoms with van der Waals surface area (Å²) in [5.74, 6) is 1.46. The van der Waals surface area contributed by atoms with E-state index in [1.54, 1.807) is 12.1 Å².